The molecule has 2 aromatic rings. The first-order valence-electron chi connectivity index (χ1n) is 10.2. The van der Waals surface area contributed by atoms with Gasteiger partial charge < -0.3 is 10.2 Å². The standard InChI is InChI=1S/C24H30N2O2/c1-18-10-6-7-13-21(18)17-26(23(27)16-20-11-4-3-5-12-20)19(2)24(28)25-22-14-8-9-15-22/h3-7,10-13,19,22H,8-9,14-17H2,1-2H3,(H,25,28). The van der Waals surface area contributed by atoms with Gasteiger partial charge in [0.2, 0.25) is 11.8 Å². The fraction of sp³-hybridized carbons (Fsp3) is 0.417. The molecule has 0 heterocycles. The van der Waals surface area contributed by atoms with E-state index in [1.807, 2.05) is 68.4 Å². The zero-order chi connectivity index (χ0) is 19.9. The van der Waals surface area contributed by atoms with Crippen molar-refractivity contribution < 1.29 is 9.59 Å². The van der Waals surface area contributed by atoms with E-state index >= 15 is 0 Å². The molecule has 0 radical (unpaired) electrons. The first-order valence-corrected chi connectivity index (χ1v) is 10.2. The lowest BCUT2D eigenvalue weighted by molar-refractivity contribution is -0.140. The van der Waals surface area contributed by atoms with Gasteiger partial charge >= 0.3 is 0 Å². The van der Waals surface area contributed by atoms with E-state index in [0.717, 1.165) is 29.5 Å². The molecule has 1 atom stereocenters. The minimum Gasteiger partial charge on any atom is -0.352 e. The predicted molar refractivity (Wildman–Crippen MR) is 112 cm³/mol. The molecule has 2 aromatic carbocycles. The SMILES string of the molecule is Cc1ccccc1CN(C(=O)Cc1ccccc1)C(C)C(=O)NC1CCCC1. The van der Waals surface area contributed by atoms with Gasteiger partial charge in [-0.15, -0.1) is 0 Å². The molecule has 148 valence electrons. The van der Waals surface area contributed by atoms with Gasteiger partial charge in [-0.05, 0) is 43.4 Å². The second-order valence-electron chi connectivity index (χ2n) is 7.78. The van der Waals surface area contributed by atoms with E-state index < -0.39 is 6.04 Å². The van der Waals surface area contributed by atoms with Crippen molar-refractivity contribution in [3.8, 4) is 0 Å². The Kier molecular flexibility index (Phi) is 6.85. The van der Waals surface area contributed by atoms with Gasteiger partial charge in [0.25, 0.3) is 0 Å². The summed E-state index contributed by atoms with van der Waals surface area (Å²) in [6.07, 6.45) is 4.70. The Morgan fingerprint density at radius 1 is 1.04 bits per heavy atom. The maximum Gasteiger partial charge on any atom is 0.242 e. The minimum atomic E-state index is -0.503. The normalized spacial score (nSPS) is 15.2. The molecule has 1 saturated carbocycles. The Morgan fingerprint density at radius 2 is 1.68 bits per heavy atom. The predicted octanol–water partition coefficient (Wildman–Crippen LogP) is 4.01. The van der Waals surface area contributed by atoms with Crippen molar-refractivity contribution in [3.05, 3.63) is 71.3 Å². The summed E-state index contributed by atoms with van der Waals surface area (Å²) in [4.78, 5) is 27.7. The van der Waals surface area contributed by atoms with Gasteiger partial charge in [-0.1, -0.05) is 67.4 Å². The van der Waals surface area contributed by atoms with Crippen LogP contribution in [0.4, 0.5) is 0 Å². The number of aryl methyl sites for hydroxylation is 1. The van der Waals surface area contributed by atoms with Gasteiger partial charge in [0.1, 0.15) is 6.04 Å². The van der Waals surface area contributed by atoms with Gasteiger partial charge in [0.15, 0.2) is 0 Å². The smallest absolute Gasteiger partial charge is 0.242 e. The van der Waals surface area contributed by atoms with Gasteiger partial charge in [-0.2, -0.15) is 0 Å². The van der Waals surface area contributed by atoms with E-state index in [0.29, 0.717) is 13.0 Å². The number of rotatable bonds is 7. The Labute approximate surface area is 167 Å². The molecule has 0 spiro atoms. The number of nitrogens with one attached hydrogen (secondary N) is 1. The van der Waals surface area contributed by atoms with Gasteiger partial charge in [0.05, 0.1) is 6.42 Å². The summed E-state index contributed by atoms with van der Waals surface area (Å²) < 4.78 is 0. The zero-order valence-electron chi connectivity index (χ0n) is 16.9. The van der Waals surface area contributed by atoms with Crippen LogP contribution in [0.1, 0.15) is 49.3 Å². The maximum atomic E-state index is 13.2. The molecule has 0 saturated heterocycles. The molecular formula is C24H30N2O2. The van der Waals surface area contributed by atoms with Crippen molar-refractivity contribution in [2.75, 3.05) is 0 Å². The van der Waals surface area contributed by atoms with E-state index in [1.54, 1.807) is 4.90 Å². The highest BCUT2D eigenvalue weighted by Gasteiger charge is 2.28. The molecule has 1 fully saturated rings. The Hall–Kier alpha value is -2.62. The Balaban J connectivity index is 1.77. The average Bonchev–Trinajstić information content (AvgIpc) is 3.20. The van der Waals surface area contributed by atoms with Crippen molar-refractivity contribution in [1.29, 1.82) is 0 Å². The number of hydrogen-bond acceptors (Lipinski definition) is 2. The number of benzene rings is 2. The summed E-state index contributed by atoms with van der Waals surface area (Å²) >= 11 is 0. The van der Waals surface area contributed by atoms with Crippen LogP contribution in [0.2, 0.25) is 0 Å². The molecule has 28 heavy (non-hydrogen) atoms. The summed E-state index contributed by atoms with van der Waals surface area (Å²) in [5.41, 5.74) is 3.17. The molecule has 4 nitrogen and oxygen atoms in total. The van der Waals surface area contributed by atoms with Crippen LogP contribution in [0.3, 0.4) is 0 Å². The second-order valence-corrected chi connectivity index (χ2v) is 7.78. The highest BCUT2D eigenvalue weighted by molar-refractivity contribution is 5.88. The lowest BCUT2D eigenvalue weighted by atomic mass is 10.1. The summed E-state index contributed by atoms with van der Waals surface area (Å²) in [6, 6.07) is 17.5. The van der Waals surface area contributed by atoms with Crippen molar-refractivity contribution in [2.24, 2.45) is 0 Å². The first-order chi connectivity index (χ1) is 13.5. The third kappa shape index (κ3) is 5.22. The maximum absolute atomic E-state index is 13.2. The van der Waals surface area contributed by atoms with Crippen molar-refractivity contribution in [1.82, 2.24) is 10.2 Å². The van der Waals surface area contributed by atoms with Crippen LogP contribution in [-0.2, 0) is 22.6 Å². The van der Waals surface area contributed by atoms with E-state index in [1.165, 1.54) is 12.8 Å². The molecular weight excluding hydrogens is 348 g/mol. The van der Waals surface area contributed by atoms with E-state index in [-0.39, 0.29) is 17.9 Å². The van der Waals surface area contributed by atoms with Crippen molar-refractivity contribution in [2.45, 2.75) is 64.6 Å². The molecule has 4 heteroatoms. The van der Waals surface area contributed by atoms with E-state index in [9.17, 15) is 9.59 Å². The largest absolute Gasteiger partial charge is 0.352 e. The molecule has 0 aliphatic heterocycles. The van der Waals surface area contributed by atoms with Crippen molar-refractivity contribution >= 4 is 11.8 Å². The topological polar surface area (TPSA) is 49.4 Å². The molecule has 3 rings (SSSR count). The Morgan fingerprint density at radius 3 is 2.36 bits per heavy atom. The van der Waals surface area contributed by atoms with Crippen LogP contribution in [0.15, 0.2) is 54.6 Å². The third-order valence-electron chi connectivity index (χ3n) is 5.67. The summed E-state index contributed by atoms with van der Waals surface area (Å²) in [5.74, 6) is -0.0783. The number of carbonyl (C=O) groups is 2. The number of carbonyl (C=O) groups excluding carboxylic acids is 2. The van der Waals surface area contributed by atoms with Crippen LogP contribution in [-0.4, -0.2) is 28.8 Å². The van der Waals surface area contributed by atoms with Gasteiger partial charge in [0, 0.05) is 12.6 Å². The number of amides is 2. The number of hydrogen-bond donors (Lipinski definition) is 1. The lowest BCUT2D eigenvalue weighted by Gasteiger charge is -2.30. The van der Waals surface area contributed by atoms with E-state index in [4.69, 9.17) is 0 Å². The lowest BCUT2D eigenvalue weighted by Crippen LogP contribution is -2.50. The summed E-state index contributed by atoms with van der Waals surface area (Å²) in [7, 11) is 0. The number of nitrogens with zero attached hydrogens (tertiary/aromatic N) is 1. The second kappa shape index (κ2) is 9.54. The fourth-order valence-corrected chi connectivity index (χ4v) is 3.82. The van der Waals surface area contributed by atoms with Crippen LogP contribution >= 0.6 is 0 Å². The summed E-state index contributed by atoms with van der Waals surface area (Å²) in [5, 5.41) is 3.15. The monoisotopic (exact) mass is 378 g/mol. The third-order valence-corrected chi connectivity index (χ3v) is 5.67. The zero-order valence-corrected chi connectivity index (χ0v) is 16.9. The highest BCUT2D eigenvalue weighted by atomic mass is 16.2. The molecule has 1 N–H and O–H groups in total. The molecule has 1 unspecified atom stereocenters. The molecule has 0 aromatic heterocycles. The van der Waals surface area contributed by atoms with Crippen molar-refractivity contribution in [3.63, 3.8) is 0 Å². The van der Waals surface area contributed by atoms with Crippen LogP contribution in [0.5, 0.6) is 0 Å². The molecule has 1 aliphatic rings. The molecule has 0 bridgehead atoms. The highest BCUT2D eigenvalue weighted by Crippen LogP contribution is 2.19. The quantitative estimate of drug-likeness (QED) is 0.791. The van der Waals surface area contributed by atoms with Crippen LogP contribution in [0.25, 0.3) is 0 Å². The fourth-order valence-electron chi connectivity index (χ4n) is 3.82. The first kappa shape index (κ1) is 20.1. The van der Waals surface area contributed by atoms with Crippen LogP contribution in [0, 0.1) is 6.92 Å². The molecule has 1 aliphatic carbocycles. The van der Waals surface area contributed by atoms with Crippen LogP contribution < -0.4 is 5.32 Å². The minimum absolute atomic E-state index is 0.0245. The van der Waals surface area contributed by atoms with E-state index in [2.05, 4.69) is 5.32 Å². The average molecular weight is 379 g/mol. The van der Waals surface area contributed by atoms with Gasteiger partial charge in [-0.3, -0.25) is 9.59 Å². The summed E-state index contributed by atoms with van der Waals surface area (Å²) in [6.45, 7) is 4.32. The Bertz CT molecular complexity index is 797. The van der Waals surface area contributed by atoms with Gasteiger partial charge in [-0.25, -0.2) is 0 Å². The molecule has 2 amide bonds.